The minimum Gasteiger partial charge on any atom is -0.318 e. The van der Waals surface area contributed by atoms with Gasteiger partial charge < -0.3 is 11.1 Å². The molecule has 1 heterocycles. The molecule has 1 aromatic carbocycles. The summed E-state index contributed by atoms with van der Waals surface area (Å²) < 4.78 is 0. The number of carbonyl (C=O) groups is 1. The topological polar surface area (TPSA) is 68.0 Å². The zero-order chi connectivity index (χ0) is 14.9. The van der Waals surface area contributed by atoms with Crippen LogP contribution in [0.25, 0.3) is 11.3 Å². The first-order chi connectivity index (χ1) is 9.27. The summed E-state index contributed by atoms with van der Waals surface area (Å²) in [6.45, 7) is 7.49. The smallest absolute Gasteiger partial charge is 0.245 e. The highest BCUT2D eigenvalue weighted by Gasteiger charge is 2.22. The molecule has 2 aromatic rings. The second-order valence-corrected chi connectivity index (χ2v) is 6.37. The Morgan fingerprint density at radius 1 is 1.30 bits per heavy atom. The normalized spacial score (nSPS) is 11.4. The third-order valence-electron chi connectivity index (χ3n) is 3.11. The van der Waals surface area contributed by atoms with Crippen molar-refractivity contribution >= 4 is 22.4 Å². The summed E-state index contributed by atoms with van der Waals surface area (Å²) in [5, 5.41) is 5.25. The number of thiazole rings is 1. The van der Waals surface area contributed by atoms with Gasteiger partial charge in [0.25, 0.3) is 0 Å². The van der Waals surface area contributed by atoms with Crippen LogP contribution in [0.2, 0.25) is 0 Å². The summed E-state index contributed by atoms with van der Waals surface area (Å²) in [4.78, 5) is 16.2. The fraction of sp³-hybridized carbons (Fsp3) is 0.333. The Hall–Kier alpha value is -1.72. The molecule has 3 N–H and O–H groups in total. The van der Waals surface area contributed by atoms with Gasteiger partial charge in [-0.2, -0.15) is 0 Å². The van der Waals surface area contributed by atoms with Gasteiger partial charge in [-0.15, -0.1) is 11.3 Å². The molecule has 0 atom stereocenters. The van der Waals surface area contributed by atoms with Crippen molar-refractivity contribution < 1.29 is 4.79 Å². The lowest BCUT2D eigenvalue weighted by Gasteiger charge is -2.16. The number of nitrogens with one attached hydrogen (secondary N) is 1. The molecule has 0 unspecified atom stereocenters. The number of rotatable bonds is 3. The van der Waals surface area contributed by atoms with Crippen LogP contribution in [0.3, 0.4) is 0 Å². The zero-order valence-corrected chi connectivity index (χ0v) is 13.0. The molecule has 4 nitrogen and oxygen atoms in total. The van der Waals surface area contributed by atoms with Crippen LogP contribution >= 0.6 is 11.3 Å². The van der Waals surface area contributed by atoms with Gasteiger partial charge in [0.15, 0.2) is 5.13 Å². The van der Waals surface area contributed by atoms with Gasteiger partial charge in [0.2, 0.25) is 5.91 Å². The summed E-state index contributed by atoms with van der Waals surface area (Å²) in [6, 6.07) is 6.21. The fourth-order valence-corrected chi connectivity index (χ4v) is 2.34. The number of aryl methyl sites for hydroxylation is 2. The van der Waals surface area contributed by atoms with E-state index < -0.39 is 5.54 Å². The number of aromatic nitrogens is 1. The Morgan fingerprint density at radius 2 is 2.00 bits per heavy atom. The number of hydrogen-bond donors (Lipinski definition) is 2. The highest BCUT2D eigenvalue weighted by Crippen LogP contribution is 2.26. The van der Waals surface area contributed by atoms with Crippen LogP contribution in [-0.4, -0.2) is 16.4 Å². The molecule has 0 saturated carbocycles. The second-order valence-electron chi connectivity index (χ2n) is 5.51. The standard InChI is InChI=1S/C15H19N3OS/c1-9-5-6-11(7-10(9)2)12-8-20-14(17-12)18-13(19)15(3,4)16/h5-8H,16H2,1-4H3,(H,17,18,19). The van der Waals surface area contributed by atoms with Crippen molar-refractivity contribution in [1.29, 1.82) is 0 Å². The number of benzene rings is 1. The molecule has 0 aliphatic rings. The number of hydrogen-bond acceptors (Lipinski definition) is 4. The van der Waals surface area contributed by atoms with Gasteiger partial charge in [-0.05, 0) is 44.9 Å². The van der Waals surface area contributed by atoms with E-state index in [1.807, 2.05) is 11.4 Å². The first-order valence-electron chi connectivity index (χ1n) is 6.41. The zero-order valence-electron chi connectivity index (χ0n) is 12.2. The summed E-state index contributed by atoms with van der Waals surface area (Å²) in [6.07, 6.45) is 0. The molecule has 20 heavy (non-hydrogen) atoms. The molecule has 5 heteroatoms. The second kappa shape index (κ2) is 5.34. The quantitative estimate of drug-likeness (QED) is 0.912. The Labute approximate surface area is 123 Å². The van der Waals surface area contributed by atoms with Crippen LogP contribution in [0, 0.1) is 13.8 Å². The molecule has 106 valence electrons. The van der Waals surface area contributed by atoms with Gasteiger partial charge in [-0.3, -0.25) is 4.79 Å². The first kappa shape index (κ1) is 14.7. The van der Waals surface area contributed by atoms with E-state index >= 15 is 0 Å². The van der Waals surface area contributed by atoms with Crippen molar-refractivity contribution in [3.05, 3.63) is 34.7 Å². The molecule has 0 spiro atoms. The van der Waals surface area contributed by atoms with Crippen molar-refractivity contribution in [3.8, 4) is 11.3 Å². The average Bonchev–Trinajstić information content (AvgIpc) is 2.80. The van der Waals surface area contributed by atoms with Crippen molar-refractivity contribution in [2.24, 2.45) is 5.73 Å². The SMILES string of the molecule is Cc1ccc(-c2csc(NC(=O)C(C)(C)N)n2)cc1C. The molecule has 0 fully saturated rings. The number of carbonyl (C=O) groups excluding carboxylic acids is 1. The highest BCUT2D eigenvalue weighted by atomic mass is 32.1. The molecule has 0 aliphatic heterocycles. The predicted molar refractivity (Wildman–Crippen MR) is 83.9 cm³/mol. The van der Waals surface area contributed by atoms with E-state index in [2.05, 4.69) is 36.3 Å². The summed E-state index contributed by atoms with van der Waals surface area (Å²) >= 11 is 1.40. The van der Waals surface area contributed by atoms with E-state index in [4.69, 9.17) is 5.73 Å². The summed E-state index contributed by atoms with van der Waals surface area (Å²) in [7, 11) is 0. The lowest BCUT2D eigenvalue weighted by atomic mass is 10.1. The Bertz CT molecular complexity index is 641. The van der Waals surface area contributed by atoms with Gasteiger partial charge >= 0.3 is 0 Å². The van der Waals surface area contributed by atoms with Crippen molar-refractivity contribution in [3.63, 3.8) is 0 Å². The molecule has 0 bridgehead atoms. The maximum absolute atomic E-state index is 11.8. The van der Waals surface area contributed by atoms with Crippen LogP contribution in [0.1, 0.15) is 25.0 Å². The lowest BCUT2D eigenvalue weighted by Crippen LogP contribution is -2.45. The van der Waals surface area contributed by atoms with E-state index in [0.717, 1.165) is 11.3 Å². The van der Waals surface area contributed by atoms with E-state index in [0.29, 0.717) is 5.13 Å². The van der Waals surface area contributed by atoms with Crippen molar-refractivity contribution in [2.75, 3.05) is 5.32 Å². The van der Waals surface area contributed by atoms with E-state index in [1.54, 1.807) is 13.8 Å². The van der Waals surface area contributed by atoms with Gasteiger partial charge in [0, 0.05) is 10.9 Å². The molecule has 2 rings (SSSR count). The van der Waals surface area contributed by atoms with E-state index in [1.165, 1.54) is 22.5 Å². The molecule has 0 aliphatic carbocycles. The van der Waals surface area contributed by atoms with Gasteiger partial charge in [-0.25, -0.2) is 4.98 Å². The maximum Gasteiger partial charge on any atom is 0.245 e. The first-order valence-corrected chi connectivity index (χ1v) is 7.29. The highest BCUT2D eigenvalue weighted by molar-refractivity contribution is 7.14. The van der Waals surface area contributed by atoms with Gasteiger partial charge in [-0.1, -0.05) is 12.1 Å². The Morgan fingerprint density at radius 3 is 2.60 bits per heavy atom. The fourth-order valence-electron chi connectivity index (χ4n) is 1.62. The summed E-state index contributed by atoms with van der Waals surface area (Å²) in [5.74, 6) is -0.238. The molecule has 1 aromatic heterocycles. The van der Waals surface area contributed by atoms with Crippen LogP contribution < -0.4 is 11.1 Å². The number of nitrogens with two attached hydrogens (primary N) is 1. The van der Waals surface area contributed by atoms with Crippen molar-refractivity contribution in [2.45, 2.75) is 33.2 Å². The van der Waals surface area contributed by atoms with Gasteiger partial charge in [0.1, 0.15) is 0 Å². The van der Waals surface area contributed by atoms with Crippen LogP contribution in [-0.2, 0) is 4.79 Å². The molecule has 0 saturated heterocycles. The predicted octanol–water partition coefficient (Wildman–Crippen LogP) is 3.10. The van der Waals surface area contributed by atoms with Crippen LogP contribution in [0.15, 0.2) is 23.6 Å². The van der Waals surface area contributed by atoms with E-state index in [-0.39, 0.29) is 5.91 Å². The minimum atomic E-state index is -0.910. The maximum atomic E-state index is 11.8. The Balaban J connectivity index is 2.21. The third-order valence-corrected chi connectivity index (χ3v) is 3.87. The Kier molecular flexibility index (Phi) is 3.92. The molecular formula is C15H19N3OS. The van der Waals surface area contributed by atoms with Crippen LogP contribution in [0.4, 0.5) is 5.13 Å². The third kappa shape index (κ3) is 3.23. The lowest BCUT2D eigenvalue weighted by molar-refractivity contribution is -0.120. The van der Waals surface area contributed by atoms with Crippen molar-refractivity contribution in [1.82, 2.24) is 4.98 Å². The minimum absolute atomic E-state index is 0.238. The number of amides is 1. The largest absolute Gasteiger partial charge is 0.318 e. The van der Waals surface area contributed by atoms with Gasteiger partial charge in [0.05, 0.1) is 11.2 Å². The number of anilines is 1. The monoisotopic (exact) mass is 289 g/mol. The average molecular weight is 289 g/mol. The molecular weight excluding hydrogens is 270 g/mol. The van der Waals surface area contributed by atoms with E-state index in [9.17, 15) is 4.79 Å². The molecule has 1 amide bonds. The van der Waals surface area contributed by atoms with Crippen LogP contribution in [0.5, 0.6) is 0 Å². The molecule has 0 radical (unpaired) electrons. The summed E-state index contributed by atoms with van der Waals surface area (Å²) in [5.41, 5.74) is 9.23. The number of nitrogens with zero attached hydrogens (tertiary/aromatic N) is 1.